The molecule has 0 unspecified atom stereocenters. The van der Waals surface area contributed by atoms with Gasteiger partial charge in [-0.1, -0.05) is 12.1 Å². The molecule has 232 valence electrons. The quantitative estimate of drug-likeness (QED) is 0.214. The summed E-state index contributed by atoms with van der Waals surface area (Å²) in [5.41, 5.74) is 2.42. The van der Waals surface area contributed by atoms with Gasteiger partial charge in [0.25, 0.3) is 11.8 Å². The van der Waals surface area contributed by atoms with Crippen molar-refractivity contribution < 1.29 is 32.3 Å². The molecule has 8 nitrogen and oxygen atoms in total. The Morgan fingerprint density at radius 1 is 1.09 bits per heavy atom. The predicted molar refractivity (Wildman–Crippen MR) is 161 cm³/mol. The molecule has 1 fully saturated rings. The second-order valence-corrected chi connectivity index (χ2v) is 12.0. The van der Waals surface area contributed by atoms with Crippen molar-refractivity contribution in [1.82, 2.24) is 20.2 Å². The number of benzene rings is 1. The summed E-state index contributed by atoms with van der Waals surface area (Å²) in [6.45, 7) is 2.61. The highest BCUT2D eigenvalue weighted by Crippen LogP contribution is 2.47. The fourth-order valence-electron chi connectivity index (χ4n) is 5.90. The zero-order chi connectivity index (χ0) is 31.7. The Balaban J connectivity index is 1.38. The maximum Gasteiger partial charge on any atom is 0.416 e. The van der Waals surface area contributed by atoms with Crippen LogP contribution >= 0.6 is 11.3 Å². The topological polar surface area (TPSA) is 101 Å². The van der Waals surface area contributed by atoms with E-state index in [1.165, 1.54) is 29.7 Å². The highest BCUT2D eigenvalue weighted by molar-refractivity contribution is 7.15. The first-order chi connectivity index (χ1) is 21.7. The molecule has 4 aromatic rings. The smallest absolute Gasteiger partial charge is 0.416 e. The van der Waals surface area contributed by atoms with E-state index in [-0.39, 0.29) is 43.0 Å². The Morgan fingerprint density at radius 2 is 1.89 bits per heavy atom. The lowest BCUT2D eigenvalue weighted by atomic mass is 9.93. The molecule has 1 N–H and O–H groups in total. The van der Waals surface area contributed by atoms with Gasteiger partial charge >= 0.3 is 12.1 Å². The molecular weight excluding hydrogens is 605 g/mol. The highest BCUT2D eigenvalue weighted by Gasteiger charge is 2.45. The third kappa shape index (κ3) is 6.06. The number of rotatable bonds is 9. The summed E-state index contributed by atoms with van der Waals surface area (Å²) in [6.07, 6.45) is 0.790. The van der Waals surface area contributed by atoms with Gasteiger partial charge in [-0.25, -0.2) is 4.79 Å². The summed E-state index contributed by atoms with van der Waals surface area (Å²) < 4.78 is 44.8. The molecule has 0 saturated carbocycles. The molecule has 0 aliphatic carbocycles. The van der Waals surface area contributed by atoms with Crippen molar-refractivity contribution in [2.24, 2.45) is 0 Å². The van der Waals surface area contributed by atoms with Gasteiger partial charge in [0.2, 0.25) is 0 Å². The maximum absolute atomic E-state index is 13.8. The number of pyridine rings is 2. The molecule has 1 aromatic carbocycles. The molecule has 2 aliphatic rings. The van der Waals surface area contributed by atoms with Crippen LogP contribution in [0.5, 0.6) is 0 Å². The zero-order valence-corrected chi connectivity index (χ0v) is 25.1. The van der Waals surface area contributed by atoms with E-state index in [0.29, 0.717) is 51.5 Å². The van der Waals surface area contributed by atoms with E-state index < -0.39 is 17.7 Å². The van der Waals surface area contributed by atoms with Crippen molar-refractivity contribution in [3.05, 3.63) is 105 Å². The van der Waals surface area contributed by atoms with Gasteiger partial charge in [-0.3, -0.25) is 19.6 Å². The van der Waals surface area contributed by atoms with Crippen LogP contribution in [0.1, 0.15) is 84.3 Å². The van der Waals surface area contributed by atoms with E-state index in [1.807, 2.05) is 12.1 Å². The van der Waals surface area contributed by atoms with Crippen molar-refractivity contribution in [2.75, 3.05) is 13.2 Å². The number of hydrogen-bond acceptors (Lipinski definition) is 7. The van der Waals surface area contributed by atoms with Crippen LogP contribution in [0, 0.1) is 0 Å². The Hall–Kier alpha value is -4.58. The third-order valence-corrected chi connectivity index (χ3v) is 9.11. The summed E-state index contributed by atoms with van der Waals surface area (Å²) in [6, 6.07) is 11.7. The molecule has 0 spiro atoms. The fraction of sp³-hybridized carbons (Fsp3) is 0.303. The predicted octanol–water partition coefficient (Wildman–Crippen LogP) is 6.41. The highest BCUT2D eigenvalue weighted by atomic mass is 32.1. The van der Waals surface area contributed by atoms with Crippen LogP contribution in [0.3, 0.4) is 0 Å². The van der Waals surface area contributed by atoms with Crippen molar-refractivity contribution >= 4 is 29.1 Å². The molecule has 2 amide bonds. The molecule has 45 heavy (non-hydrogen) atoms. The molecule has 12 heteroatoms. The van der Waals surface area contributed by atoms with E-state index in [2.05, 4.69) is 10.3 Å². The van der Waals surface area contributed by atoms with Crippen LogP contribution in [0.2, 0.25) is 0 Å². The normalized spacial score (nSPS) is 15.6. The van der Waals surface area contributed by atoms with Crippen LogP contribution in [-0.4, -0.2) is 45.8 Å². The van der Waals surface area contributed by atoms with Crippen LogP contribution in [0.15, 0.2) is 60.9 Å². The number of nitrogens with one attached hydrogen (secondary N) is 1. The fourth-order valence-corrected chi connectivity index (χ4v) is 6.90. The van der Waals surface area contributed by atoms with E-state index >= 15 is 0 Å². The van der Waals surface area contributed by atoms with Crippen LogP contribution in [0.4, 0.5) is 13.2 Å². The Kier molecular flexibility index (Phi) is 8.41. The molecule has 2 aliphatic heterocycles. The van der Waals surface area contributed by atoms with Gasteiger partial charge in [0, 0.05) is 34.3 Å². The molecule has 6 rings (SSSR count). The Morgan fingerprint density at radius 3 is 2.60 bits per heavy atom. The Labute approximate surface area is 261 Å². The lowest BCUT2D eigenvalue weighted by molar-refractivity contribution is -0.137. The second kappa shape index (κ2) is 12.4. The summed E-state index contributed by atoms with van der Waals surface area (Å²) in [5, 5.41) is 2.88. The Bertz CT molecular complexity index is 1760. The summed E-state index contributed by atoms with van der Waals surface area (Å²) in [4.78, 5) is 52.1. The van der Waals surface area contributed by atoms with Crippen molar-refractivity contribution in [2.45, 2.75) is 51.4 Å². The number of ether oxygens (including phenoxy) is 1. The van der Waals surface area contributed by atoms with Gasteiger partial charge in [0.05, 0.1) is 52.8 Å². The number of nitrogens with zero attached hydrogens (tertiary/aromatic N) is 3. The number of hydrogen-bond donors (Lipinski definition) is 1. The van der Waals surface area contributed by atoms with Crippen LogP contribution < -0.4 is 5.32 Å². The average molecular weight is 635 g/mol. The minimum absolute atomic E-state index is 0.104. The number of carbonyl (C=O) groups excluding carboxylic acids is 3. The minimum Gasteiger partial charge on any atom is -0.462 e. The van der Waals surface area contributed by atoms with E-state index in [4.69, 9.17) is 9.72 Å². The van der Waals surface area contributed by atoms with Gasteiger partial charge < -0.3 is 15.0 Å². The number of aryl methyl sites for hydroxylation is 2. The molecule has 0 bridgehead atoms. The van der Waals surface area contributed by atoms with Crippen molar-refractivity contribution in [3.8, 4) is 10.4 Å². The molecule has 5 heterocycles. The molecular formula is C33H29F3N4O4S. The SMILES string of the molecule is CCOC(=O)c1c(CCc2ccc(C(F)(F)F)cc2)nc2c(c1-c1ccc(CNC(=O)c3cccnc3)s1)C(=O)N1CCC[C@@H]21. The lowest BCUT2D eigenvalue weighted by Gasteiger charge is -2.17. The summed E-state index contributed by atoms with van der Waals surface area (Å²) in [5.74, 6) is -1.09. The van der Waals surface area contributed by atoms with Crippen molar-refractivity contribution in [3.63, 3.8) is 0 Å². The molecule has 3 aromatic heterocycles. The number of alkyl halides is 3. The number of halogens is 3. The molecule has 1 atom stereocenters. The second-order valence-electron chi connectivity index (χ2n) is 10.8. The standard InChI is InChI=1S/C33H29F3N4O4S/c1-2-44-32(43)26-23(13-9-19-7-10-21(11-8-19)33(34,35)36)39-29-24-6-4-16-40(24)31(42)28(29)27(26)25-14-12-22(45-25)18-38-30(41)20-5-3-15-37-17-20/h3,5,7-8,10-12,14-15,17,24H,2,4,6,9,13,16,18H2,1H3,(H,38,41)/t24-/m0/s1. The number of carbonyl (C=O) groups is 3. The minimum atomic E-state index is -4.44. The number of thiophene rings is 1. The molecule has 1 saturated heterocycles. The molecule has 0 radical (unpaired) electrons. The van der Waals surface area contributed by atoms with Gasteiger partial charge in [0.15, 0.2) is 0 Å². The van der Waals surface area contributed by atoms with Crippen molar-refractivity contribution in [1.29, 1.82) is 0 Å². The first kappa shape index (κ1) is 30.4. The maximum atomic E-state index is 13.8. The van der Waals surface area contributed by atoms with Gasteiger partial charge in [-0.05, 0) is 74.6 Å². The monoisotopic (exact) mass is 634 g/mol. The van der Waals surface area contributed by atoms with Crippen LogP contribution in [-0.2, 0) is 30.3 Å². The van der Waals surface area contributed by atoms with E-state index in [9.17, 15) is 27.6 Å². The summed E-state index contributed by atoms with van der Waals surface area (Å²) >= 11 is 1.35. The van der Waals surface area contributed by atoms with Gasteiger partial charge in [-0.15, -0.1) is 11.3 Å². The third-order valence-electron chi connectivity index (χ3n) is 8.01. The van der Waals surface area contributed by atoms with Crippen LogP contribution in [0.25, 0.3) is 10.4 Å². The first-order valence-corrected chi connectivity index (χ1v) is 15.5. The number of fused-ring (bicyclic) bond motifs is 3. The lowest BCUT2D eigenvalue weighted by Crippen LogP contribution is -2.23. The number of aromatic nitrogens is 2. The van der Waals surface area contributed by atoms with E-state index in [0.717, 1.165) is 29.9 Å². The number of esters is 1. The average Bonchev–Trinajstić information content (AvgIpc) is 3.77. The summed E-state index contributed by atoms with van der Waals surface area (Å²) in [7, 11) is 0. The zero-order valence-electron chi connectivity index (χ0n) is 24.3. The first-order valence-electron chi connectivity index (χ1n) is 14.6. The number of amides is 2. The van der Waals surface area contributed by atoms with Gasteiger partial charge in [0.1, 0.15) is 0 Å². The van der Waals surface area contributed by atoms with Gasteiger partial charge in [-0.2, -0.15) is 13.2 Å². The van der Waals surface area contributed by atoms with E-state index in [1.54, 1.807) is 30.2 Å². The largest absolute Gasteiger partial charge is 0.462 e.